The Morgan fingerprint density at radius 1 is 1.08 bits per heavy atom. The standard InChI is InChI=1S/C16H18N4O5S/c1-11-10-14(25-19-11)16(22)18-17-15(21)12-4-6-13(7-5-12)26(23,24)20-8-2-3-9-20/h4-7,10H,2-3,8-9H2,1H3,(H,17,21)(H,18,22). The van der Waals surface area contributed by atoms with Crippen molar-refractivity contribution in [1.82, 2.24) is 20.3 Å². The number of amides is 2. The summed E-state index contributed by atoms with van der Waals surface area (Å²) in [6.07, 6.45) is 1.70. The van der Waals surface area contributed by atoms with Crippen molar-refractivity contribution in [3.05, 3.63) is 47.3 Å². The van der Waals surface area contributed by atoms with Gasteiger partial charge in [0, 0.05) is 24.7 Å². The summed E-state index contributed by atoms with van der Waals surface area (Å²) in [5, 5.41) is 3.58. The molecule has 0 spiro atoms. The van der Waals surface area contributed by atoms with Crippen LogP contribution >= 0.6 is 0 Å². The van der Waals surface area contributed by atoms with Crippen molar-refractivity contribution < 1.29 is 22.5 Å². The molecule has 1 saturated heterocycles. The zero-order valence-electron chi connectivity index (χ0n) is 14.1. The topological polar surface area (TPSA) is 122 Å². The molecule has 1 aromatic carbocycles. The maximum absolute atomic E-state index is 12.4. The van der Waals surface area contributed by atoms with Gasteiger partial charge in [-0.05, 0) is 44.0 Å². The predicted molar refractivity (Wildman–Crippen MR) is 90.6 cm³/mol. The van der Waals surface area contributed by atoms with Crippen molar-refractivity contribution in [2.24, 2.45) is 0 Å². The van der Waals surface area contributed by atoms with Gasteiger partial charge in [-0.2, -0.15) is 4.31 Å². The molecule has 1 fully saturated rings. The number of nitrogens with one attached hydrogen (secondary N) is 2. The molecule has 9 nitrogen and oxygen atoms in total. The normalized spacial score (nSPS) is 15.0. The predicted octanol–water partition coefficient (Wildman–Crippen LogP) is 0.842. The lowest BCUT2D eigenvalue weighted by molar-refractivity contribution is 0.0825. The van der Waals surface area contributed by atoms with Gasteiger partial charge in [0.2, 0.25) is 15.8 Å². The molecule has 2 heterocycles. The van der Waals surface area contributed by atoms with Crippen LogP contribution in [-0.4, -0.2) is 42.8 Å². The van der Waals surface area contributed by atoms with Crippen molar-refractivity contribution in [3.8, 4) is 0 Å². The Bertz CT molecular complexity index is 914. The van der Waals surface area contributed by atoms with Crippen LogP contribution in [0.2, 0.25) is 0 Å². The summed E-state index contributed by atoms with van der Waals surface area (Å²) < 4.78 is 31.1. The van der Waals surface area contributed by atoms with Crippen molar-refractivity contribution in [2.75, 3.05) is 13.1 Å². The summed E-state index contributed by atoms with van der Waals surface area (Å²) in [6.45, 7) is 2.69. The molecule has 3 rings (SSSR count). The molecule has 0 atom stereocenters. The van der Waals surface area contributed by atoms with E-state index < -0.39 is 21.8 Å². The summed E-state index contributed by atoms with van der Waals surface area (Å²) in [7, 11) is -3.53. The SMILES string of the molecule is Cc1cc(C(=O)NNC(=O)c2ccc(S(=O)(=O)N3CCCC3)cc2)on1. The minimum absolute atomic E-state index is 0.0325. The number of sulfonamides is 1. The molecule has 138 valence electrons. The largest absolute Gasteiger partial charge is 0.351 e. The summed E-state index contributed by atoms with van der Waals surface area (Å²) in [5.41, 5.74) is 5.18. The second-order valence-corrected chi connectivity index (χ2v) is 7.81. The highest BCUT2D eigenvalue weighted by Gasteiger charge is 2.27. The third-order valence-electron chi connectivity index (χ3n) is 3.96. The molecule has 10 heteroatoms. The van der Waals surface area contributed by atoms with Gasteiger partial charge in [-0.25, -0.2) is 8.42 Å². The Labute approximate surface area is 150 Å². The molecule has 1 aliphatic heterocycles. The molecule has 2 amide bonds. The number of aromatic nitrogens is 1. The lowest BCUT2D eigenvalue weighted by Crippen LogP contribution is -2.41. The Balaban J connectivity index is 1.62. The van der Waals surface area contributed by atoms with Crippen molar-refractivity contribution in [2.45, 2.75) is 24.7 Å². The van der Waals surface area contributed by atoms with Gasteiger partial charge in [0.1, 0.15) is 0 Å². The molecular formula is C16H18N4O5S. The fourth-order valence-corrected chi connectivity index (χ4v) is 4.09. The first-order chi connectivity index (χ1) is 12.4. The second-order valence-electron chi connectivity index (χ2n) is 5.88. The van der Waals surface area contributed by atoms with Crippen LogP contribution in [0.15, 0.2) is 39.8 Å². The van der Waals surface area contributed by atoms with Crippen LogP contribution in [0.5, 0.6) is 0 Å². The molecule has 0 bridgehead atoms. The molecule has 0 saturated carbocycles. The lowest BCUT2D eigenvalue weighted by Gasteiger charge is -2.15. The average molecular weight is 378 g/mol. The van der Waals surface area contributed by atoms with Crippen LogP contribution in [0.1, 0.15) is 39.4 Å². The maximum atomic E-state index is 12.4. The first-order valence-electron chi connectivity index (χ1n) is 8.02. The van der Waals surface area contributed by atoms with Gasteiger partial charge in [-0.1, -0.05) is 5.16 Å². The quantitative estimate of drug-likeness (QED) is 0.761. The minimum atomic E-state index is -3.53. The number of hydrazine groups is 1. The van der Waals surface area contributed by atoms with Crippen LogP contribution in [0.4, 0.5) is 0 Å². The van der Waals surface area contributed by atoms with E-state index in [1.54, 1.807) is 6.92 Å². The summed E-state index contributed by atoms with van der Waals surface area (Å²) in [6, 6.07) is 6.97. The van der Waals surface area contributed by atoms with Gasteiger partial charge in [0.05, 0.1) is 10.6 Å². The first-order valence-corrected chi connectivity index (χ1v) is 9.46. The van der Waals surface area contributed by atoms with Crippen molar-refractivity contribution in [3.63, 3.8) is 0 Å². The van der Waals surface area contributed by atoms with E-state index in [4.69, 9.17) is 4.52 Å². The first kappa shape index (κ1) is 18.1. The van der Waals surface area contributed by atoms with Gasteiger partial charge in [-0.3, -0.25) is 20.4 Å². The Morgan fingerprint density at radius 2 is 1.69 bits per heavy atom. The van der Waals surface area contributed by atoms with E-state index >= 15 is 0 Å². The summed E-state index contributed by atoms with van der Waals surface area (Å²) in [4.78, 5) is 24.0. The van der Waals surface area contributed by atoms with Crippen molar-refractivity contribution >= 4 is 21.8 Å². The zero-order chi connectivity index (χ0) is 18.7. The van der Waals surface area contributed by atoms with Gasteiger partial charge in [-0.15, -0.1) is 0 Å². The number of hydrogen-bond acceptors (Lipinski definition) is 6. The highest BCUT2D eigenvalue weighted by Crippen LogP contribution is 2.21. The number of hydrogen-bond donors (Lipinski definition) is 2. The van der Waals surface area contributed by atoms with E-state index in [1.165, 1.54) is 34.6 Å². The van der Waals surface area contributed by atoms with Gasteiger partial charge >= 0.3 is 5.91 Å². The average Bonchev–Trinajstić information content (AvgIpc) is 3.31. The number of nitrogens with zero attached hydrogens (tertiary/aromatic N) is 2. The Hall–Kier alpha value is -2.72. The molecule has 0 aliphatic carbocycles. The van der Waals surface area contributed by atoms with Crippen LogP contribution < -0.4 is 10.9 Å². The van der Waals surface area contributed by atoms with Gasteiger partial charge < -0.3 is 4.52 Å². The van der Waals surface area contributed by atoms with E-state index in [9.17, 15) is 18.0 Å². The smallest absolute Gasteiger partial charge is 0.308 e. The number of carbonyl (C=O) groups excluding carboxylic acids is 2. The van der Waals surface area contributed by atoms with E-state index in [0.717, 1.165) is 12.8 Å². The minimum Gasteiger partial charge on any atom is -0.351 e. The van der Waals surface area contributed by atoms with E-state index in [-0.39, 0.29) is 16.2 Å². The number of rotatable bonds is 4. The molecule has 0 unspecified atom stereocenters. The maximum Gasteiger partial charge on any atom is 0.308 e. The number of benzene rings is 1. The van der Waals surface area contributed by atoms with E-state index in [1.807, 2.05) is 0 Å². The molecule has 2 aromatic rings. The van der Waals surface area contributed by atoms with Gasteiger partial charge in [0.15, 0.2) is 0 Å². The van der Waals surface area contributed by atoms with Crippen LogP contribution in [-0.2, 0) is 10.0 Å². The molecule has 0 radical (unpaired) electrons. The fourth-order valence-electron chi connectivity index (χ4n) is 2.57. The van der Waals surface area contributed by atoms with Crippen molar-refractivity contribution in [1.29, 1.82) is 0 Å². The third kappa shape index (κ3) is 3.75. The number of carbonyl (C=O) groups is 2. The molecule has 1 aromatic heterocycles. The molecular weight excluding hydrogens is 360 g/mol. The second kappa shape index (κ2) is 7.26. The third-order valence-corrected chi connectivity index (χ3v) is 5.87. The van der Waals surface area contributed by atoms with Crippen LogP contribution in [0.25, 0.3) is 0 Å². The Kier molecular flexibility index (Phi) is 5.05. The monoisotopic (exact) mass is 378 g/mol. The Morgan fingerprint density at radius 3 is 2.27 bits per heavy atom. The molecule has 2 N–H and O–H groups in total. The van der Waals surface area contributed by atoms with Crippen LogP contribution in [0.3, 0.4) is 0 Å². The van der Waals surface area contributed by atoms with E-state index in [2.05, 4.69) is 16.0 Å². The highest BCUT2D eigenvalue weighted by molar-refractivity contribution is 7.89. The summed E-state index contributed by atoms with van der Waals surface area (Å²) >= 11 is 0. The molecule has 1 aliphatic rings. The van der Waals surface area contributed by atoms with Gasteiger partial charge in [0.25, 0.3) is 5.91 Å². The fraction of sp³-hybridized carbons (Fsp3) is 0.312. The zero-order valence-corrected chi connectivity index (χ0v) is 14.9. The molecule has 26 heavy (non-hydrogen) atoms. The van der Waals surface area contributed by atoms with Crippen LogP contribution in [0, 0.1) is 6.92 Å². The summed E-state index contributed by atoms with van der Waals surface area (Å²) in [5.74, 6) is -1.26. The van der Waals surface area contributed by atoms with E-state index in [0.29, 0.717) is 18.8 Å². The lowest BCUT2D eigenvalue weighted by atomic mass is 10.2. The highest BCUT2D eigenvalue weighted by atomic mass is 32.2. The number of aryl methyl sites for hydroxylation is 1.